The first-order valence-electron chi connectivity index (χ1n) is 10.1. The first-order chi connectivity index (χ1) is 14.0. The van der Waals surface area contributed by atoms with Gasteiger partial charge in [-0.1, -0.05) is 58.7 Å². The van der Waals surface area contributed by atoms with Crippen molar-refractivity contribution in [1.82, 2.24) is 4.31 Å². The maximum atomic E-state index is 13.1. The monoisotopic (exact) mass is 479 g/mol. The van der Waals surface area contributed by atoms with Crippen molar-refractivity contribution < 1.29 is 18.3 Å². The van der Waals surface area contributed by atoms with Gasteiger partial charge in [0.1, 0.15) is 13.0 Å². The Bertz CT molecular complexity index is 930. The number of aliphatic hydroxyl groups excluding tert-OH is 1. The fraction of sp³-hybridized carbons (Fsp3) is 0.455. The van der Waals surface area contributed by atoms with Crippen LogP contribution in [0.4, 0.5) is 0 Å². The van der Waals surface area contributed by atoms with Gasteiger partial charge in [-0.05, 0) is 60.4 Å². The van der Waals surface area contributed by atoms with Crippen LogP contribution in [0.2, 0.25) is 0 Å². The van der Waals surface area contributed by atoms with Crippen LogP contribution in [0.15, 0.2) is 53.0 Å². The second-order valence-electron chi connectivity index (χ2n) is 7.84. The van der Waals surface area contributed by atoms with Gasteiger partial charge in [-0.3, -0.25) is 0 Å². The summed E-state index contributed by atoms with van der Waals surface area (Å²) in [5, 5.41) is 9.17. The van der Waals surface area contributed by atoms with Crippen molar-refractivity contribution >= 4 is 26.0 Å². The molecule has 0 amide bonds. The van der Waals surface area contributed by atoms with Gasteiger partial charge in [0, 0.05) is 10.5 Å². The van der Waals surface area contributed by atoms with Crippen LogP contribution >= 0.6 is 15.9 Å². The first-order valence-corrected chi connectivity index (χ1v) is 12.5. The summed E-state index contributed by atoms with van der Waals surface area (Å²) >= 11 is 3.44. The molecule has 2 aromatic carbocycles. The van der Waals surface area contributed by atoms with E-state index in [4.69, 9.17) is 4.74 Å². The number of hydrogen-bond donors (Lipinski definition) is 1. The highest BCUT2D eigenvalue weighted by atomic mass is 79.9. The fourth-order valence-corrected chi connectivity index (χ4v) is 6.84. The summed E-state index contributed by atoms with van der Waals surface area (Å²) in [5.41, 5.74) is 3.23. The minimum absolute atomic E-state index is 0.0244. The Morgan fingerprint density at radius 3 is 2.34 bits per heavy atom. The van der Waals surface area contributed by atoms with Crippen molar-refractivity contribution in [2.24, 2.45) is 5.92 Å². The van der Waals surface area contributed by atoms with Crippen molar-refractivity contribution in [2.45, 2.75) is 44.4 Å². The third-order valence-electron chi connectivity index (χ3n) is 6.10. The normalized spacial score (nSPS) is 24.7. The highest BCUT2D eigenvalue weighted by molar-refractivity contribution is 9.10. The number of ether oxygens (including phenoxy) is 1. The molecule has 2 fully saturated rings. The van der Waals surface area contributed by atoms with E-state index in [1.54, 1.807) is 4.31 Å². The van der Waals surface area contributed by atoms with Crippen LogP contribution in [0.3, 0.4) is 0 Å². The number of halogens is 1. The Labute approximate surface area is 180 Å². The number of aryl methyl sites for hydroxylation is 1. The molecular weight excluding hydrogens is 454 g/mol. The topological polar surface area (TPSA) is 66.8 Å². The standard InChI is InChI=1S/C22H26BrNO4S/c23-20-10-8-18(9-11-20)17-6-4-16(5-7-17)12-13-29(26,27)24-21-3-1-2-19(21)14-22(24)28-15-25/h4-11,19,21-22,25H,1-3,12-15H2/t19-,21-,22?/m1/s1. The molecule has 4 rings (SSSR count). The molecule has 1 unspecified atom stereocenters. The molecule has 1 N–H and O–H groups in total. The molecule has 1 aliphatic carbocycles. The predicted molar refractivity (Wildman–Crippen MR) is 117 cm³/mol. The van der Waals surface area contributed by atoms with Crippen LogP contribution in [0, 0.1) is 5.92 Å². The molecule has 7 heteroatoms. The molecule has 156 valence electrons. The highest BCUT2D eigenvalue weighted by Crippen LogP contribution is 2.43. The van der Waals surface area contributed by atoms with Gasteiger partial charge in [-0.25, -0.2) is 8.42 Å². The molecule has 5 nitrogen and oxygen atoms in total. The summed E-state index contributed by atoms with van der Waals surface area (Å²) < 4.78 is 34.2. The van der Waals surface area contributed by atoms with E-state index in [0.29, 0.717) is 18.8 Å². The average molecular weight is 480 g/mol. The number of nitrogens with zero attached hydrogens (tertiary/aromatic N) is 1. The summed E-state index contributed by atoms with van der Waals surface area (Å²) in [6.07, 6.45) is 3.61. The van der Waals surface area contributed by atoms with E-state index in [-0.39, 0.29) is 11.8 Å². The Hall–Kier alpha value is -1.25. The van der Waals surface area contributed by atoms with E-state index in [1.807, 2.05) is 36.4 Å². The zero-order chi connectivity index (χ0) is 20.4. The molecule has 2 aliphatic rings. The largest absolute Gasteiger partial charge is 0.371 e. The summed E-state index contributed by atoms with van der Waals surface area (Å²) in [6.45, 7) is -0.451. The van der Waals surface area contributed by atoms with E-state index in [1.165, 1.54) is 0 Å². The number of sulfonamides is 1. The van der Waals surface area contributed by atoms with Crippen molar-refractivity contribution in [3.63, 3.8) is 0 Å². The van der Waals surface area contributed by atoms with Crippen molar-refractivity contribution in [1.29, 1.82) is 0 Å². The van der Waals surface area contributed by atoms with Crippen LogP contribution in [-0.2, 0) is 21.2 Å². The lowest BCUT2D eigenvalue weighted by Gasteiger charge is -2.28. The van der Waals surface area contributed by atoms with Gasteiger partial charge in [0.15, 0.2) is 0 Å². The van der Waals surface area contributed by atoms with Gasteiger partial charge in [0.2, 0.25) is 10.0 Å². The van der Waals surface area contributed by atoms with Crippen LogP contribution < -0.4 is 0 Å². The lowest BCUT2D eigenvalue weighted by atomic mass is 10.0. The lowest BCUT2D eigenvalue weighted by Crippen LogP contribution is -2.44. The number of benzene rings is 2. The molecule has 29 heavy (non-hydrogen) atoms. The molecular formula is C22H26BrNO4S. The van der Waals surface area contributed by atoms with Crippen molar-refractivity contribution in [3.8, 4) is 11.1 Å². The molecule has 0 spiro atoms. The molecule has 3 atom stereocenters. The second-order valence-corrected chi connectivity index (χ2v) is 10.8. The summed E-state index contributed by atoms with van der Waals surface area (Å²) in [4.78, 5) is 0. The van der Waals surface area contributed by atoms with E-state index in [2.05, 4.69) is 28.1 Å². The predicted octanol–water partition coefficient (Wildman–Crippen LogP) is 4.16. The molecule has 1 saturated heterocycles. The number of fused-ring (bicyclic) bond motifs is 1. The molecule has 0 radical (unpaired) electrons. The van der Waals surface area contributed by atoms with Crippen LogP contribution in [0.25, 0.3) is 11.1 Å². The maximum absolute atomic E-state index is 13.1. The first kappa shape index (κ1) is 21.0. The maximum Gasteiger partial charge on any atom is 0.216 e. The van der Waals surface area contributed by atoms with Crippen LogP contribution in [0.1, 0.15) is 31.2 Å². The smallest absolute Gasteiger partial charge is 0.216 e. The van der Waals surface area contributed by atoms with Gasteiger partial charge < -0.3 is 9.84 Å². The van der Waals surface area contributed by atoms with E-state index in [0.717, 1.165) is 40.4 Å². The highest BCUT2D eigenvalue weighted by Gasteiger charge is 2.49. The van der Waals surface area contributed by atoms with Crippen molar-refractivity contribution in [2.75, 3.05) is 12.5 Å². The number of rotatable bonds is 7. The van der Waals surface area contributed by atoms with E-state index >= 15 is 0 Å². The quantitative estimate of drug-likeness (QED) is 0.605. The molecule has 0 bridgehead atoms. The molecule has 1 heterocycles. The minimum Gasteiger partial charge on any atom is -0.371 e. The Kier molecular flexibility index (Phi) is 6.41. The van der Waals surface area contributed by atoms with E-state index in [9.17, 15) is 13.5 Å². The molecule has 1 aliphatic heterocycles. The number of hydrogen-bond acceptors (Lipinski definition) is 4. The van der Waals surface area contributed by atoms with Gasteiger partial charge in [-0.2, -0.15) is 4.31 Å². The van der Waals surface area contributed by atoms with Gasteiger partial charge >= 0.3 is 0 Å². The zero-order valence-corrected chi connectivity index (χ0v) is 18.6. The Balaban J connectivity index is 1.44. The zero-order valence-electron chi connectivity index (χ0n) is 16.2. The minimum atomic E-state index is -3.46. The van der Waals surface area contributed by atoms with Crippen LogP contribution in [-0.4, -0.2) is 42.6 Å². The van der Waals surface area contributed by atoms with Crippen molar-refractivity contribution in [3.05, 3.63) is 58.6 Å². The summed E-state index contributed by atoms with van der Waals surface area (Å²) in [7, 11) is -3.46. The second kappa shape index (κ2) is 8.86. The molecule has 0 aromatic heterocycles. The van der Waals surface area contributed by atoms with Crippen LogP contribution in [0.5, 0.6) is 0 Å². The Morgan fingerprint density at radius 2 is 1.69 bits per heavy atom. The third-order valence-corrected chi connectivity index (χ3v) is 8.50. The fourth-order valence-electron chi connectivity index (χ4n) is 4.68. The summed E-state index contributed by atoms with van der Waals surface area (Å²) in [6, 6.07) is 16.2. The number of aliphatic hydroxyl groups is 1. The Morgan fingerprint density at radius 1 is 1.03 bits per heavy atom. The lowest BCUT2D eigenvalue weighted by molar-refractivity contribution is -0.0857. The summed E-state index contributed by atoms with van der Waals surface area (Å²) in [5.74, 6) is 0.408. The average Bonchev–Trinajstić information content (AvgIpc) is 3.29. The molecule has 1 saturated carbocycles. The molecule has 2 aromatic rings. The van der Waals surface area contributed by atoms with Gasteiger partial charge in [0.05, 0.1) is 5.75 Å². The SMILES string of the molecule is O=S(=O)(CCc1ccc(-c2ccc(Br)cc2)cc1)N1C(OCO)C[C@H]2CCC[C@H]21. The van der Waals surface area contributed by atoms with Gasteiger partial charge in [-0.15, -0.1) is 0 Å². The third kappa shape index (κ3) is 4.59. The van der Waals surface area contributed by atoms with E-state index < -0.39 is 23.0 Å². The van der Waals surface area contributed by atoms with Gasteiger partial charge in [0.25, 0.3) is 0 Å².